The van der Waals surface area contributed by atoms with Crippen molar-refractivity contribution in [1.29, 1.82) is 0 Å². The molecule has 0 aromatic rings. The van der Waals surface area contributed by atoms with E-state index < -0.39 is 21.6 Å². The van der Waals surface area contributed by atoms with Crippen LogP contribution in [-0.4, -0.2) is 31.8 Å². The van der Waals surface area contributed by atoms with Crippen LogP contribution in [-0.2, 0) is 9.59 Å². The molecule has 0 fully saturated rings. The number of hydrogen-bond donors (Lipinski definition) is 2. The third kappa shape index (κ3) is 2.87. The normalized spacial score (nSPS) is 16.0. The lowest BCUT2D eigenvalue weighted by atomic mass is 10.3. The van der Waals surface area contributed by atoms with Crippen molar-refractivity contribution in [2.24, 2.45) is 0 Å². The first kappa shape index (κ1) is 10.2. The van der Waals surface area contributed by atoms with E-state index >= 15 is 0 Å². The quantitative estimate of drug-likeness (QED) is 0.541. The molecule has 58 valence electrons. The van der Waals surface area contributed by atoms with Crippen LogP contribution < -0.4 is 0 Å². The lowest BCUT2D eigenvalue weighted by molar-refractivity contribution is -0.141. The molecule has 10 heavy (non-hydrogen) atoms. The Morgan fingerprint density at radius 3 is 1.30 bits per heavy atom. The number of halogens is 2. The van der Waals surface area contributed by atoms with Gasteiger partial charge in [-0.3, -0.25) is 9.59 Å². The number of carbonyl (C=O) groups is 2. The molecule has 6 heteroatoms. The van der Waals surface area contributed by atoms with E-state index in [1.807, 2.05) is 0 Å². The molecule has 2 N–H and O–H groups in total. The van der Waals surface area contributed by atoms with Crippen molar-refractivity contribution in [3.63, 3.8) is 0 Å². The van der Waals surface area contributed by atoms with Crippen molar-refractivity contribution in [3.05, 3.63) is 0 Å². The molecule has 0 bridgehead atoms. The average Bonchev–Trinajstić information content (AvgIpc) is 1.84. The van der Waals surface area contributed by atoms with Crippen molar-refractivity contribution >= 4 is 43.4 Å². The van der Waals surface area contributed by atoms with Crippen molar-refractivity contribution in [2.75, 3.05) is 0 Å². The van der Waals surface area contributed by atoms with Crippen LogP contribution in [0.1, 0.15) is 0 Å². The molecule has 0 saturated heterocycles. The van der Waals surface area contributed by atoms with E-state index in [-0.39, 0.29) is 0 Å². The lowest BCUT2D eigenvalue weighted by Gasteiger charge is -2.00. The minimum atomic E-state index is -1.54. The van der Waals surface area contributed by atoms with Crippen molar-refractivity contribution in [1.82, 2.24) is 0 Å². The van der Waals surface area contributed by atoms with Gasteiger partial charge in [0.25, 0.3) is 0 Å². The Kier molecular flexibility index (Phi) is 4.26. The summed E-state index contributed by atoms with van der Waals surface area (Å²) in [6.45, 7) is 0. The monoisotopic (exact) mass is 274 g/mol. The van der Waals surface area contributed by atoms with Gasteiger partial charge in [-0.1, -0.05) is 0 Å². The zero-order valence-electron chi connectivity index (χ0n) is 4.62. The third-order valence-corrected chi connectivity index (χ3v) is 1.51. The van der Waals surface area contributed by atoms with Gasteiger partial charge in [-0.15, -0.1) is 0 Å². The minimum absolute atomic E-state index is 1.08. The van der Waals surface area contributed by atoms with Crippen LogP contribution in [0.25, 0.3) is 0 Å². The highest BCUT2D eigenvalue weighted by molar-refractivity contribution is 9.10. The minimum Gasteiger partial charge on any atom is -0.374 e. The molecule has 0 heterocycles. The summed E-state index contributed by atoms with van der Waals surface area (Å²) in [6.07, 6.45) is 0. The Morgan fingerprint density at radius 2 is 1.20 bits per heavy atom. The third-order valence-electron chi connectivity index (χ3n) is 0.676. The summed E-state index contributed by atoms with van der Waals surface area (Å²) < 4.78 is 0. The molecule has 2 atom stereocenters. The molecule has 0 saturated carbocycles. The summed E-state index contributed by atoms with van der Waals surface area (Å²) in [5.74, 6) is -2.16. The molecular weight excluding hydrogens is 272 g/mol. The van der Waals surface area contributed by atoms with Crippen LogP contribution in [0, 0.1) is 0 Å². The molecule has 0 aliphatic carbocycles. The molecule has 0 aliphatic heterocycles. The number of hydrogen-bond acceptors (Lipinski definition) is 4. The number of rotatable bonds is 3. The summed E-state index contributed by atoms with van der Waals surface area (Å²) >= 11 is 4.92. The van der Waals surface area contributed by atoms with Crippen molar-refractivity contribution in [2.45, 2.75) is 10.0 Å². The molecule has 0 spiro atoms. The summed E-state index contributed by atoms with van der Waals surface area (Å²) in [6, 6.07) is 0. The zero-order chi connectivity index (χ0) is 8.31. The summed E-state index contributed by atoms with van der Waals surface area (Å²) in [4.78, 5) is 20.9. The summed E-state index contributed by atoms with van der Waals surface area (Å²) in [5.41, 5.74) is 0. The fourth-order valence-electron chi connectivity index (χ4n) is 0.235. The second-order valence-electron chi connectivity index (χ2n) is 1.40. The second-order valence-corrected chi connectivity index (χ2v) is 3.13. The molecule has 0 aromatic carbocycles. The number of aliphatic hydroxyl groups is 2. The first-order chi connectivity index (χ1) is 4.46. The Hall–Kier alpha value is 0.220. The molecule has 0 aliphatic rings. The summed E-state index contributed by atoms with van der Waals surface area (Å²) in [7, 11) is 0. The van der Waals surface area contributed by atoms with Gasteiger partial charge in [0.2, 0.25) is 11.6 Å². The van der Waals surface area contributed by atoms with Gasteiger partial charge in [-0.05, 0) is 31.9 Å². The van der Waals surface area contributed by atoms with Gasteiger partial charge < -0.3 is 10.2 Å². The molecule has 0 amide bonds. The number of carbonyl (C=O) groups excluding carboxylic acids is 2. The van der Waals surface area contributed by atoms with E-state index in [1.54, 1.807) is 0 Å². The van der Waals surface area contributed by atoms with E-state index in [1.165, 1.54) is 0 Å². The van der Waals surface area contributed by atoms with Gasteiger partial charge in [0.1, 0.15) is 0 Å². The standard InChI is InChI=1S/C4H4Br2O4/c5-3(9)1(7)2(8)4(6)10/h3-4,9-10H. The summed E-state index contributed by atoms with van der Waals surface area (Å²) in [5, 5.41) is 13.8. The van der Waals surface area contributed by atoms with E-state index in [2.05, 4.69) is 31.9 Å². The topological polar surface area (TPSA) is 74.6 Å². The average molecular weight is 276 g/mol. The molecule has 4 nitrogen and oxygen atoms in total. The number of ketones is 2. The van der Waals surface area contributed by atoms with Crippen LogP contribution in [0.4, 0.5) is 0 Å². The Morgan fingerprint density at radius 1 is 1.00 bits per heavy atom. The molecular formula is C4H4Br2O4. The van der Waals surface area contributed by atoms with E-state index in [0.29, 0.717) is 0 Å². The largest absolute Gasteiger partial charge is 0.374 e. The van der Waals surface area contributed by atoms with Crippen LogP contribution in [0.15, 0.2) is 0 Å². The van der Waals surface area contributed by atoms with Gasteiger partial charge in [0.05, 0.1) is 0 Å². The van der Waals surface area contributed by atoms with Gasteiger partial charge in [-0.2, -0.15) is 0 Å². The Labute approximate surface area is 73.5 Å². The van der Waals surface area contributed by atoms with Crippen LogP contribution in [0.5, 0.6) is 0 Å². The zero-order valence-corrected chi connectivity index (χ0v) is 7.79. The first-order valence-corrected chi connectivity index (χ1v) is 4.02. The number of alkyl halides is 2. The second kappa shape index (κ2) is 4.17. The van der Waals surface area contributed by atoms with E-state index in [9.17, 15) is 9.59 Å². The highest BCUT2D eigenvalue weighted by Gasteiger charge is 2.25. The van der Waals surface area contributed by atoms with Gasteiger partial charge in [0.15, 0.2) is 10.0 Å². The van der Waals surface area contributed by atoms with E-state index in [0.717, 1.165) is 0 Å². The lowest BCUT2D eigenvalue weighted by Crippen LogP contribution is -2.29. The predicted molar refractivity (Wildman–Crippen MR) is 39.9 cm³/mol. The Bertz CT molecular complexity index is 135. The van der Waals surface area contributed by atoms with Crippen LogP contribution >= 0.6 is 31.9 Å². The fourth-order valence-corrected chi connectivity index (χ4v) is 0.686. The SMILES string of the molecule is O=C(C(=O)C(O)Br)C(O)Br. The highest BCUT2D eigenvalue weighted by Crippen LogP contribution is 2.02. The van der Waals surface area contributed by atoms with Gasteiger partial charge >= 0.3 is 0 Å². The maximum Gasteiger partial charge on any atom is 0.241 e. The Balaban J connectivity index is 4.10. The first-order valence-electron chi connectivity index (χ1n) is 2.19. The van der Waals surface area contributed by atoms with E-state index in [4.69, 9.17) is 10.2 Å². The molecule has 0 radical (unpaired) electrons. The van der Waals surface area contributed by atoms with Crippen LogP contribution in [0.2, 0.25) is 0 Å². The van der Waals surface area contributed by atoms with Crippen LogP contribution in [0.3, 0.4) is 0 Å². The number of Topliss-reactive ketones (excluding diaryl/α,β-unsaturated/α-hetero) is 2. The fraction of sp³-hybridized carbons (Fsp3) is 0.500. The smallest absolute Gasteiger partial charge is 0.241 e. The number of aliphatic hydroxyl groups excluding tert-OH is 2. The molecule has 0 aromatic heterocycles. The molecule has 2 unspecified atom stereocenters. The van der Waals surface area contributed by atoms with Crippen molar-refractivity contribution in [3.8, 4) is 0 Å². The van der Waals surface area contributed by atoms with Gasteiger partial charge in [0, 0.05) is 0 Å². The predicted octanol–water partition coefficient (Wildman–Crippen LogP) is -0.449. The van der Waals surface area contributed by atoms with Gasteiger partial charge in [-0.25, -0.2) is 0 Å². The maximum absolute atomic E-state index is 10.4. The highest BCUT2D eigenvalue weighted by atomic mass is 79.9. The van der Waals surface area contributed by atoms with Crippen molar-refractivity contribution < 1.29 is 19.8 Å². The maximum atomic E-state index is 10.4. The molecule has 0 rings (SSSR count).